The fourth-order valence-corrected chi connectivity index (χ4v) is 1.81. The second-order valence-corrected chi connectivity index (χ2v) is 4.50. The quantitative estimate of drug-likeness (QED) is 0.515. The maximum absolute atomic E-state index is 11.8. The zero-order valence-electron chi connectivity index (χ0n) is 13.2. The first-order valence-corrected chi connectivity index (χ1v) is 6.81. The average molecular weight is 330 g/mol. The topological polar surface area (TPSA) is 114 Å². The normalized spacial score (nSPS) is 23.0. The summed E-state index contributed by atoms with van der Waals surface area (Å²) in [6.07, 6.45) is -2.75. The maximum Gasteiger partial charge on any atom is 0.373 e. The molecule has 1 aliphatic heterocycles. The lowest BCUT2D eigenvalue weighted by molar-refractivity contribution is -0.224. The highest BCUT2D eigenvalue weighted by molar-refractivity contribution is 5.86. The maximum atomic E-state index is 11.8. The molecule has 1 heterocycles. The van der Waals surface area contributed by atoms with Gasteiger partial charge in [-0.15, -0.1) is 0 Å². The van der Waals surface area contributed by atoms with Crippen molar-refractivity contribution < 1.29 is 42.9 Å². The highest BCUT2D eigenvalue weighted by Gasteiger charge is 2.43. The summed E-state index contributed by atoms with van der Waals surface area (Å²) in [5.41, 5.74) is 0. The van der Waals surface area contributed by atoms with Crippen LogP contribution in [0.2, 0.25) is 0 Å². The Morgan fingerprint density at radius 2 is 1.57 bits per heavy atom. The van der Waals surface area contributed by atoms with Crippen molar-refractivity contribution in [2.24, 2.45) is 0 Å². The standard InChI is InChI=1S/C14H18O9/c1-5-19-13(18)11-6-10(20-7(2)15)12(21-8(3)16)14(23-11)22-9(4)17/h6,10,12,14H,5H2,1-4H3/t10-,12+,14+/m0/s1. The van der Waals surface area contributed by atoms with Crippen molar-refractivity contribution >= 4 is 23.9 Å². The predicted molar refractivity (Wildman–Crippen MR) is 72.5 cm³/mol. The molecule has 1 aliphatic rings. The van der Waals surface area contributed by atoms with E-state index in [4.69, 9.17) is 23.7 Å². The smallest absolute Gasteiger partial charge is 0.373 e. The number of hydrogen-bond donors (Lipinski definition) is 0. The Balaban J connectivity index is 3.14. The zero-order chi connectivity index (χ0) is 17.6. The molecule has 0 fully saturated rings. The van der Waals surface area contributed by atoms with Gasteiger partial charge in [0.2, 0.25) is 11.9 Å². The minimum Gasteiger partial charge on any atom is -0.460 e. The van der Waals surface area contributed by atoms with Crippen LogP contribution in [0.1, 0.15) is 27.7 Å². The fourth-order valence-electron chi connectivity index (χ4n) is 1.81. The molecular weight excluding hydrogens is 312 g/mol. The van der Waals surface area contributed by atoms with Crippen molar-refractivity contribution in [3.8, 4) is 0 Å². The third-order valence-electron chi connectivity index (χ3n) is 2.51. The summed E-state index contributed by atoms with van der Waals surface area (Å²) in [5, 5.41) is 0. The molecule has 0 saturated heterocycles. The molecule has 128 valence electrons. The highest BCUT2D eigenvalue weighted by atomic mass is 16.7. The van der Waals surface area contributed by atoms with Crippen LogP contribution in [0.15, 0.2) is 11.8 Å². The van der Waals surface area contributed by atoms with E-state index >= 15 is 0 Å². The lowest BCUT2D eigenvalue weighted by Crippen LogP contribution is -2.49. The Bertz CT molecular complexity index is 522. The van der Waals surface area contributed by atoms with Crippen LogP contribution in [-0.2, 0) is 42.9 Å². The number of rotatable bonds is 5. The second-order valence-electron chi connectivity index (χ2n) is 4.50. The first-order valence-electron chi connectivity index (χ1n) is 6.81. The van der Waals surface area contributed by atoms with Gasteiger partial charge in [-0.2, -0.15) is 0 Å². The minimum atomic E-state index is -1.45. The monoisotopic (exact) mass is 330 g/mol. The van der Waals surface area contributed by atoms with Gasteiger partial charge in [0.25, 0.3) is 6.29 Å². The molecule has 0 unspecified atom stereocenters. The number of esters is 4. The van der Waals surface area contributed by atoms with Crippen molar-refractivity contribution in [3.63, 3.8) is 0 Å². The summed E-state index contributed by atoms with van der Waals surface area (Å²) in [7, 11) is 0. The van der Waals surface area contributed by atoms with Gasteiger partial charge in [-0.1, -0.05) is 0 Å². The molecule has 3 atom stereocenters. The molecule has 0 radical (unpaired) electrons. The lowest BCUT2D eigenvalue weighted by atomic mass is 10.1. The molecule has 9 nitrogen and oxygen atoms in total. The molecule has 0 aromatic carbocycles. The third kappa shape index (κ3) is 5.61. The minimum absolute atomic E-state index is 0.0867. The second kappa shape index (κ2) is 8.16. The molecule has 9 heteroatoms. The Morgan fingerprint density at radius 1 is 1.00 bits per heavy atom. The van der Waals surface area contributed by atoms with Gasteiger partial charge in [0.15, 0.2) is 6.10 Å². The molecule has 0 amide bonds. The summed E-state index contributed by atoms with van der Waals surface area (Å²) in [5.74, 6) is -3.27. The molecule has 0 bridgehead atoms. The van der Waals surface area contributed by atoms with Crippen LogP contribution in [0.5, 0.6) is 0 Å². The number of ether oxygens (including phenoxy) is 5. The Labute approximate surface area is 132 Å². The summed E-state index contributed by atoms with van der Waals surface area (Å²) in [6, 6.07) is 0. The van der Waals surface area contributed by atoms with Crippen LogP contribution in [0.4, 0.5) is 0 Å². The summed E-state index contributed by atoms with van der Waals surface area (Å²) in [6.45, 7) is 5.05. The van der Waals surface area contributed by atoms with Gasteiger partial charge in [-0.05, 0) is 6.92 Å². The van der Waals surface area contributed by atoms with E-state index in [0.717, 1.165) is 26.8 Å². The largest absolute Gasteiger partial charge is 0.460 e. The Morgan fingerprint density at radius 3 is 2.04 bits per heavy atom. The molecule has 0 aliphatic carbocycles. The van der Waals surface area contributed by atoms with Crippen molar-refractivity contribution in [2.45, 2.75) is 46.2 Å². The first kappa shape index (κ1) is 18.5. The van der Waals surface area contributed by atoms with E-state index in [0.29, 0.717) is 0 Å². The van der Waals surface area contributed by atoms with Gasteiger partial charge in [0.1, 0.15) is 0 Å². The van der Waals surface area contributed by atoms with Gasteiger partial charge in [-0.25, -0.2) is 4.79 Å². The SMILES string of the molecule is CCOC(=O)C1=C[C@H](OC(C)=O)[C@@H](OC(C)=O)[C@H](OC(C)=O)O1. The summed E-state index contributed by atoms with van der Waals surface area (Å²) >= 11 is 0. The van der Waals surface area contributed by atoms with E-state index in [2.05, 4.69) is 0 Å². The molecule has 1 rings (SSSR count). The Kier molecular flexibility index (Phi) is 6.55. The van der Waals surface area contributed by atoms with Crippen LogP contribution in [0.25, 0.3) is 0 Å². The Hall–Kier alpha value is -2.58. The number of carbonyl (C=O) groups is 4. The molecular formula is C14H18O9. The van der Waals surface area contributed by atoms with E-state index in [-0.39, 0.29) is 12.4 Å². The molecule has 0 spiro atoms. The van der Waals surface area contributed by atoms with Crippen LogP contribution in [0, 0.1) is 0 Å². The van der Waals surface area contributed by atoms with E-state index in [1.807, 2.05) is 0 Å². The predicted octanol–water partition coefficient (Wildman–Crippen LogP) is 0.216. The van der Waals surface area contributed by atoms with E-state index in [9.17, 15) is 19.2 Å². The van der Waals surface area contributed by atoms with Crippen LogP contribution >= 0.6 is 0 Å². The van der Waals surface area contributed by atoms with Crippen molar-refractivity contribution in [2.75, 3.05) is 6.61 Å². The molecule has 0 N–H and O–H groups in total. The lowest BCUT2D eigenvalue weighted by Gasteiger charge is -2.34. The molecule has 23 heavy (non-hydrogen) atoms. The molecule has 0 aromatic rings. The van der Waals surface area contributed by atoms with Crippen LogP contribution < -0.4 is 0 Å². The van der Waals surface area contributed by atoms with Gasteiger partial charge in [0, 0.05) is 26.8 Å². The van der Waals surface area contributed by atoms with Crippen molar-refractivity contribution in [1.29, 1.82) is 0 Å². The first-order chi connectivity index (χ1) is 10.7. The van der Waals surface area contributed by atoms with Crippen LogP contribution in [0.3, 0.4) is 0 Å². The number of hydrogen-bond acceptors (Lipinski definition) is 9. The van der Waals surface area contributed by atoms with Gasteiger partial charge in [0.05, 0.1) is 6.61 Å². The van der Waals surface area contributed by atoms with E-state index < -0.39 is 42.4 Å². The number of carbonyl (C=O) groups excluding carboxylic acids is 4. The van der Waals surface area contributed by atoms with E-state index in [1.165, 1.54) is 0 Å². The van der Waals surface area contributed by atoms with Crippen molar-refractivity contribution in [3.05, 3.63) is 11.8 Å². The summed E-state index contributed by atoms with van der Waals surface area (Å²) < 4.78 is 24.9. The molecule has 0 aromatic heterocycles. The van der Waals surface area contributed by atoms with Gasteiger partial charge in [-0.3, -0.25) is 14.4 Å². The third-order valence-corrected chi connectivity index (χ3v) is 2.51. The van der Waals surface area contributed by atoms with Gasteiger partial charge >= 0.3 is 23.9 Å². The fraction of sp³-hybridized carbons (Fsp3) is 0.571. The van der Waals surface area contributed by atoms with Crippen molar-refractivity contribution in [1.82, 2.24) is 0 Å². The average Bonchev–Trinajstić information content (AvgIpc) is 2.40. The zero-order valence-corrected chi connectivity index (χ0v) is 13.2. The highest BCUT2D eigenvalue weighted by Crippen LogP contribution is 2.25. The van der Waals surface area contributed by atoms with Gasteiger partial charge < -0.3 is 23.7 Å². The molecule has 0 saturated carbocycles. The van der Waals surface area contributed by atoms with E-state index in [1.54, 1.807) is 6.92 Å². The van der Waals surface area contributed by atoms with Crippen LogP contribution in [-0.4, -0.2) is 49.0 Å². The summed E-state index contributed by atoms with van der Waals surface area (Å²) in [4.78, 5) is 45.4.